The summed E-state index contributed by atoms with van der Waals surface area (Å²) in [5.74, 6) is 1.94. The van der Waals surface area contributed by atoms with Crippen molar-refractivity contribution in [3.05, 3.63) is 33.4 Å². The van der Waals surface area contributed by atoms with Crippen LogP contribution < -0.4 is 14.8 Å². The van der Waals surface area contributed by atoms with E-state index in [9.17, 15) is 4.79 Å². The molecule has 0 fully saturated rings. The predicted molar refractivity (Wildman–Crippen MR) is 118 cm³/mol. The maximum atomic E-state index is 12.6. The Bertz CT molecular complexity index is 1100. The van der Waals surface area contributed by atoms with E-state index >= 15 is 0 Å². The van der Waals surface area contributed by atoms with Gasteiger partial charge >= 0.3 is 0 Å². The first-order valence-electron chi connectivity index (χ1n) is 9.18. The summed E-state index contributed by atoms with van der Waals surface area (Å²) in [6.45, 7) is 7.16. The molecule has 3 aromatic rings. The van der Waals surface area contributed by atoms with E-state index in [2.05, 4.69) is 29.1 Å². The lowest BCUT2D eigenvalue weighted by Crippen LogP contribution is -2.14. The van der Waals surface area contributed by atoms with Crippen molar-refractivity contribution in [3.63, 3.8) is 0 Å². The molecule has 0 saturated heterocycles. The maximum Gasteiger partial charge on any atom is 0.234 e. The molecule has 0 saturated carbocycles. The van der Waals surface area contributed by atoms with Gasteiger partial charge in [-0.05, 0) is 26.3 Å². The minimum absolute atomic E-state index is 0.166. The molecule has 4 rings (SSSR count). The van der Waals surface area contributed by atoms with Crippen LogP contribution in [0.3, 0.4) is 0 Å². The topological polar surface area (TPSA) is 73.3 Å². The molecular weight excluding hydrogens is 430 g/mol. The molecule has 152 valence electrons. The number of carbonyl (C=O) groups excluding carboxylic acids is 1. The lowest BCUT2D eigenvalue weighted by atomic mass is 10.2. The first-order valence-corrected chi connectivity index (χ1v) is 11.4. The number of fused-ring (bicyclic) bond motifs is 2. The van der Waals surface area contributed by atoms with Gasteiger partial charge in [0.05, 0.1) is 29.7 Å². The van der Waals surface area contributed by atoms with Crippen LogP contribution in [0.5, 0.6) is 11.5 Å². The first kappa shape index (κ1) is 20.3. The summed E-state index contributed by atoms with van der Waals surface area (Å²) in [5, 5.41) is 5.14. The fourth-order valence-electron chi connectivity index (χ4n) is 3.02. The zero-order valence-electron chi connectivity index (χ0n) is 16.3. The van der Waals surface area contributed by atoms with Gasteiger partial charge in [0.1, 0.15) is 15.7 Å². The molecule has 0 atom stereocenters. The highest BCUT2D eigenvalue weighted by molar-refractivity contribution is 8.00. The lowest BCUT2D eigenvalue weighted by Gasteiger charge is -2.12. The van der Waals surface area contributed by atoms with Crippen LogP contribution in [-0.2, 0) is 4.79 Å². The van der Waals surface area contributed by atoms with Crippen molar-refractivity contribution in [2.24, 2.45) is 0 Å². The van der Waals surface area contributed by atoms with Gasteiger partial charge in [0.15, 0.2) is 11.5 Å². The average Bonchev–Trinajstić information content (AvgIpc) is 2.83. The van der Waals surface area contributed by atoms with E-state index in [4.69, 9.17) is 21.1 Å². The quantitative estimate of drug-likeness (QED) is 0.438. The molecule has 1 aliphatic rings. The molecule has 1 N–H and O–H groups in total. The van der Waals surface area contributed by atoms with E-state index in [1.54, 1.807) is 23.5 Å². The van der Waals surface area contributed by atoms with Crippen LogP contribution in [0.2, 0.25) is 5.02 Å². The second-order valence-electron chi connectivity index (χ2n) is 6.71. The van der Waals surface area contributed by atoms with Crippen LogP contribution in [0, 0.1) is 20.8 Å². The van der Waals surface area contributed by atoms with E-state index in [1.165, 1.54) is 22.2 Å². The SMILES string of the molecule is Cc1nc(SCC(=O)Nc2cc3c(cc2Cl)OCCCO3)c2c(C)c(C)sc2n1. The summed E-state index contributed by atoms with van der Waals surface area (Å²) in [4.78, 5) is 23.8. The number of rotatable bonds is 4. The third-order valence-electron chi connectivity index (χ3n) is 4.56. The Morgan fingerprint density at radius 1 is 1.21 bits per heavy atom. The molecule has 3 heterocycles. The van der Waals surface area contributed by atoms with Gasteiger partial charge in [-0.25, -0.2) is 9.97 Å². The molecule has 29 heavy (non-hydrogen) atoms. The van der Waals surface area contributed by atoms with Crippen molar-refractivity contribution in [2.45, 2.75) is 32.2 Å². The standard InChI is InChI=1S/C20H20ClN3O3S2/c1-10-11(2)29-20-18(10)19(22-12(3)23-20)28-9-17(25)24-14-8-16-15(7-13(14)21)26-5-4-6-27-16/h7-8H,4-6,9H2,1-3H3,(H,24,25). The number of nitrogens with zero attached hydrogens (tertiary/aromatic N) is 2. The number of nitrogens with one attached hydrogen (secondary N) is 1. The first-order chi connectivity index (χ1) is 13.9. The van der Waals surface area contributed by atoms with Gasteiger partial charge in [0.2, 0.25) is 5.91 Å². The summed E-state index contributed by atoms with van der Waals surface area (Å²) >= 11 is 9.38. The monoisotopic (exact) mass is 449 g/mol. The Hall–Kier alpha value is -2.03. The van der Waals surface area contributed by atoms with Crippen molar-refractivity contribution in [1.29, 1.82) is 0 Å². The molecule has 6 nitrogen and oxygen atoms in total. The number of thiophene rings is 1. The fraction of sp³-hybridized carbons (Fsp3) is 0.350. The van der Waals surface area contributed by atoms with Crippen molar-refractivity contribution >= 4 is 56.5 Å². The molecule has 0 aliphatic carbocycles. The van der Waals surface area contributed by atoms with Crippen LogP contribution in [0.1, 0.15) is 22.7 Å². The second kappa shape index (κ2) is 8.38. The van der Waals surface area contributed by atoms with Crippen LogP contribution in [0.15, 0.2) is 17.2 Å². The molecule has 9 heteroatoms. The van der Waals surface area contributed by atoms with E-state index in [-0.39, 0.29) is 11.7 Å². The summed E-state index contributed by atoms with van der Waals surface area (Å²) in [7, 11) is 0. The van der Waals surface area contributed by atoms with Gasteiger partial charge < -0.3 is 14.8 Å². The van der Waals surface area contributed by atoms with Gasteiger partial charge in [0, 0.05) is 28.8 Å². The third-order valence-corrected chi connectivity index (χ3v) is 6.95. The zero-order chi connectivity index (χ0) is 20.5. The predicted octanol–water partition coefficient (Wildman–Crippen LogP) is 5.16. The normalized spacial score (nSPS) is 13.4. The number of benzene rings is 1. The summed E-state index contributed by atoms with van der Waals surface area (Å²) in [6.07, 6.45) is 0.804. The molecule has 1 aliphatic heterocycles. The fourth-order valence-corrected chi connectivity index (χ4v) is 5.29. The van der Waals surface area contributed by atoms with E-state index in [0.29, 0.717) is 41.2 Å². The Labute approximate surface area is 182 Å². The van der Waals surface area contributed by atoms with Crippen molar-refractivity contribution in [3.8, 4) is 11.5 Å². The lowest BCUT2D eigenvalue weighted by molar-refractivity contribution is -0.113. The molecule has 0 unspecified atom stereocenters. The molecule has 1 aromatic carbocycles. The van der Waals surface area contributed by atoms with Crippen molar-refractivity contribution < 1.29 is 14.3 Å². The maximum absolute atomic E-state index is 12.6. The smallest absolute Gasteiger partial charge is 0.234 e. The minimum Gasteiger partial charge on any atom is -0.490 e. The number of halogens is 1. The summed E-state index contributed by atoms with van der Waals surface area (Å²) in [6, 6.07) is 3.39. The highest BCUT2D eigenvalue weighted by Crippen LogP contribution is 2.38. The van der Waals surface area contributed by atoms with Gasteiger partial charge in [-0.15, -0.1) is 11.3 Å². The van der Waals surface area contributed by atoms with E-state index < -0.39 is 0 Å². The van der Waals surface area contributed by atoms with Crippen LogP contribution in [0.25, 0.3) is 10.2 Å². The number of aromatic nitrogens is 2. The van der Waals surface area contributed by atoms with E-state index in [1.807, 2.05) is 6.92 Å². The molecule has 0 spiro atoms. The van der Waals surface area contributed by atoms with E-state index in [0.717, 1.165) is 21.7 Å². The molecule has 2 aromatic heterocycles. The Morgan fingerprint density at radius 3 is 2.69 bits per heavy atom. The van der Waals surface area contributed by atoms with Gasteiger partial charge in [-0.2, -0.15) is 0 Å². The molecule has 0 radical (unpaired) electrons. The number of thioether (sulfide) groups is 1. The van der Waals surface area contributed by atoms with Crippen LogP contribution in [-0.4, -0.2) is 34.8 Å². The Morgan fingerprint density at radius 2 is 1.93 bits per heavy atom. The highest BCUT2D eigenvalue weighted by atomic mass is 35.5. The Balaban J connectivity index is 1.50. The van der Waals surface area contributed by atoms with Gasteiger partial charge in [0.25, 0.3) is 0 Å². The number of anilines is 1. The Kier molecular flexibility index (Phi) is 5.85. The average molecular weight is 450 g/mol. The number of ether oxygens (including phenoxy) is 2. The number of aryl methyl sites for hydroxylation is 3. The number of amides is 1. The third kappa shape index (κ3) is 4.29. The van der Waals surface area contributed by atoms with Crippen molar-refractivity contribution in [1.82, 2.24) is 9.97 Å². The van der Waals surface area contributed by atoms with Crippen molar-refractivity contribution in [2.75, 3.05) is 24.3 Å². The summed E-state index contributed by atoms with van der Waals surface area (Å²) < 4.78 is 11.3. The highest BCUT2D eigenvalue weighted by Gasteiger charge is 2.18. The minimum atomic E-state index is -0.166. The van der Waals surface area contributed by atoms with Crippen LogP contribution >= 0.6 is 34.7 Å². The number of hydrogen-bond acceptors (Lipinski definition) is 7. The van der Waals surface area contributed by atoms with Crippen LogP contribution in [0.4, 0.5) is 5.69 Å². The van der Waals surface area contributed by atoms with Gasteiger partial charge in [-0.3, -0.25) is 4.79 Å². The number of carbonyl (C=O) groups is 1. The zero-order valence-corrected chi connectivity index (χ0v) is 18.7. The summed E-state index contributed by atoms with van der Waals surface area (Å²) in [5.41, 5.74) is 1.67. The second-order valence-corrected chi connectivity index (χ2v) is 9.28. The number of hydrogen-bond donors (Lipinski definition) is 1. The van der Waals surface area contributed by atoms with Gasteiger partial charge in [-0.1, -0.05) is 23.4 Å². The molecule has 0 bridgehead atoms. The largest absolute Gasteiger partial charge is 0.490 e. The molecular formula is C20H20ClN3O3S2. The molecule has 1 amide bonds.